The Hall–Kier alpha value is -0.600. The summed E-state index contributed by atoms with van der Waals surface area (Å²) in [4.78, 5) is 3.18. The van der Waals surface area contributed by atoms with Crippen molar-refractivity contribution in [3.8, 4) is 0 Å². The highest BCUT2D eigenvalue weighted by Crippen LogP contribution is 2.35. The van der Waals surface area contributed by atoms with Crippen LogP contribution in [0.3, 0.4) is 0 Å². The lowest BCUT2D eigenvalue weighted by Crippen LogP contribution is -2.21. The quantitative estimate of drug-likeness (QED) is 0.690. The Labute approximate surface area is 122 Å². The number of hydrogen-bond donors (Lipinski definition) is 1. The topological polar surface area (TPSA) is 12.0 Å². The van der Waals surface area contributed by atoms with Gasteiger partial charge in [-0.3, -0.25) is 0 Å². The number of hydrogen-bond acceptors (Lipinski definition) is 2. The van der Waals surface area contributed by atoms with Gasteiger partial charge in [-0.2, -0.15) is 0 Å². The summed E-state index contributed by atoms with van der Waals surface area (Å²) in [5.74, 6) is 0. The number of fused-ring (bicyclic) bond motifs is 1. The van der Waals surface area contributed by atoms with E-state index in [4.69, 9.17) is 0 Å². The minimum Gasteiger partial charge on any atom is -0.309 e. The van der Waals surface area contributed by atoms with Gasteiger partial charge in [0.1, 0.15) is 0 Å². The van der Waals surface area contributed by atoms with E-state index in [9.17, 15) is 0 Å². The minimum absolute atomic E-state index is 0.489. The molecule has 1 N–H and O–H groups in total. The minimum atomic E-state index is 0.489. The SMILES string of the molecule is C=C(CC)CC(NCCC)c1cc2c(s1)CCCC2. The third-order valence-corrected chi connectivity index (χ3v) is 5.34. The first-order chi connectivity index (χ1) is 9.24. The maximum absolute atomic E-state index is 4.19. The molecule has 0 aliphatic heterocycles. The van der Waals surface area contributed by atoms with E-state index in [2.05, 4.69) is 31.8 Å². The molecule has 106 valence electrons. The highest BCUT2D eigenvalue weighted by molar-refractivity contribution is 7.12. The van der Waals surface area contributed by atoms with Gasteiger partial charge in [0.25, 0.3) is 0 Å². The summed E-state index contributed by atoms with van der Waals surface area (Å²) in [6.07, 6.45) is 8.72. The number of rotatable bonds is 7. The molecule has 0 saturated heterocycles. The van der Waals surface area contributed by atoms with E-state index >= 15 is 0 Å². The molecule has 2 heteroatoms. The van der Waals surface area contributed by atoms with Crippen LogP contribution in [-0.4, -0.2) is 6.54 Å². The molecular formula is C17H27NS. The normalized spacial score (nSPS) is 16.1. The number of nitrogens with one attached hydrogen (secondary N) is 1. The lowest BCUT2D eigenvalue weighted by atomic mass is 9.97. The third kappa shape index (κ3) is 3.93. The molecular weight excluding hydrogens is 250 g/mol. The molecule has 2 rings (SSSR count). The molecule has 1 atom stereocenters. The van der Waals surface area contributed by atoms with Crippen LogP contribution in [0.5, 0.6) is 0 Å². The van der Waals surface area contributed by atoms with Gasteiger partial charge >= 0.3 is 0 Å². The molecule has 1 unspecified atom stereocenters. The van der Waals surface area contributed by atoms with Crippen molar-refractivity contribution < 1.29 is 0 Å². The fourth-order valence-corrected chi connectivity index (χ4v) is 4.04. The van der Waals surface area contributed by atoms with Gasteiger partial charge in [-0.05, 0) is 63.1 Å². The lowest BCUT2D eigenvalue weighted by Gasteiger charge is -2.18. The molecule has 1 nitrogen and oxygen atoms in total. The molecule has 1 aliphatic rings. The van der Waals surface area contributed by atoms with Crippen molar-refractivity contribution in [3.05, 3.63) is 33.5 Å². The highest BCUT2D eigenvalue weighted by Gasteiger charge is 2.19. The van der Waals surface area contributed by atoms with Crippen LogP contribution in [0.15, 0.2) is 18.2 Å². The Bertz CT molecular complexity index is 395. The molecule has 1 aliphatic carbocycles. The predicted octanol–water partition coefficient (Wildman–Crippen LogP) is 5.02. The fraction of sp³-hybridized carbons (Fsp3) is 0.647. The monoisotopic (exact) mass is 277 g/mol. The van der Waals surface area contributed by atoms with E-state index in [1.54, 1.807) is 10.4 Å². The van der Waals surface area contributed by atoms with Crippen LogP contribution in [-0.2, 0) is 12.8 Å². The summed E-state index contributed by atoms with van der Waals surface area (Å²) in [5, 5.41) is 3.71. The van der Waals surface area contributed by atoms with Crippen LogP contribution in [0.4, 0.5) is 0 Å². The zero-order valence-electron chi connectivity index (χ0n) is 12.4. The Morgan fingerprint density at radius 3 is 2.84 bits per heavy atom. The molecule has 0 amide bonds. The van der Waals surface area contributed by atoms with E-state index in [1.165, 1.54) is 42.6 Å². The average Bonchev–Trinajstić information content (AvgIpc) is 2.86. The number of aryl methyl sites for hydroxylation is 2. The van der Waals surface area contributed by atoms with Crippen molar-refractivity contribution in [2.24, 2.45) is 0 Å². The first-order valence-corrected chi connectivity index (χ1v) is 8.57. The Balaban J connectivity index is 2.11. The van der Waals surface area contributed by atoms with Crippen LogP contribution in [0.1, 0.15) is 67.3 Å². The standard InChI is InChI=1S/C17H27NS/c1-4-10-18-15(11-13(3)5-2)17-12-14-8-6-7-9-16(14)19-17/h12,15,18H,3-11H2,1-2H3. The second kappa shape index (κ2) is 7.25. The van der Waals surface area contributed by atoms with Gasteiger partial charge in [0.2, 0.25) is 0 Å². The molecule has 0 aromatic carbocycles. The van der Waals surface area contributed by atoms with Gasteiger partial charge in [0, 0.05) is 15.8 Å². The maximum Gasteiger partial charge on any atom is 0.0452 e. The Morgan fingerprint density at radius 2 is 2.16 bits per heavy atom. The summed E-state index contributed by atoms with van der Waals surface area (Å²) < 4.78 is 0. The summed E-state index contributed by atoms with van der Waals surface area (Å²) in [6, 6.07) is 2.96. The Morgan fingerprint density at radius 1 is 1.37 bits per heavy atom. The van der Waals surface area contributed by atoms with Crippen molar-refractivity contribution in [1.29, 1.82) is 0 Å². The summed E-state index contributed by atoms with van der Waals surface area (Å²) in [7, 11) is 0. The second-order valence-corrected chi connectivity index (χ2v) is 6.79. The van der Waals surface area contributed by atoms with Crippen LogP contribution in [0, 0.1) is 0 Å². The first-order valence-electron chi connectivity index (χ1n) is 7.76. The van der Waals surface area contributed by atoms with Crippen LogP contribution >= 0.6 is 11.3 Å². The Kier molecular flexibility index (Phi) is 5.65. The van der Waals surface area contributed by atoms with Crippen molar-refractivity contribution in [2.45, 2.75) is 64.8 Å². The van der Waals surface area contributed by atoms with E-state index in [0.717, 1.165) is 19.4 Å². The smallest absolute Gasteiger partial charge is 0.0452 e. The molecule has 19 heavy (non-hydrogen) atoms. The van der Waals surface area contributed by atoms with Crippen LogP contribution in [0.2, 0.25) is 0 Å². The highest BCUT2D eigenvalue weighted by atomic mass is 32.1. The van der Waals surface area contributed by atoms with Gasteiger partial charge in [-0.25, -0.2) is 0 Å². The summed E-state index contributed by atoms with van der Waals surface area (Å²) in [6.45, 7) is 9.74. The van der Waals surface area contributed by atoms with Gasteiger partial charge in [0.15, 0.2) is 0 Å². The van der Waals surface area contributed by atoms with Crippen LogP contribution < -0.4 is 5.32 Å². The molecule has 0 radical (unpaired) electrons. The van der Waals surface area contributed by atoms with Crippen LogP contribution in [0.25, 0.3) is 0 Å². The fourth-order valence-electron chi connectivity index (χ4n) is 2.71. The number of thiophene rings is 1. The molecule has 0 saturated carbocycles. The lowest BCUT2D eigenvalue weighted by molar-refractivity contribution is 0.530. The van der Waals surface area contributed by atoms with E-state index in [-0.39, 0.29) is 0 Å². The van der Waals surface area contributed by atoms with E-state index in [0.29, 0.717) is 6.04 Å². The van der Waals surface area contributed by atoms with Crippen molar-refractivity contribution in [1.82, 2.24) is 5.32 Å². The molecule has 1 aromatic rings. The molecule has 0 bridgehead atoms. The summed E-state index contributed by atoms with van der Waals surface area (Å²) in [5.41, 5.74) is 2.98. The van der Waals surface area contributed by atoms with Crippen molar-refractivity contribution in [3.63, 3.8) is 0 Å². The van der Waals surface area contributed by atoms with Crippen molar-refractivity contribution >= 4 is 11.3 Å². The molecule has 1 heterocycles. The van der Waals surface area contributed by atoms with Crippen molar-refractivity contribution in [2.75, 3.05) is 6.54 Å². The largest absolute Gasteiger partial charge is 0.309 e. The maximum atomic E-state index is 4.19. The third-order valence-electron chi connectivity index (χ3n) is 3.99. The van der Waals surface area contributed by atoms with Gasteiger partial charge in [0.05, 0.1) is 0 Å². The summed E-state index contributed by atoms with van der Waals surface area (Å²) >= 11 is 2.04. The van der Waals surface area contributed by atoms with E-state index < -0.39 is 0 Å². The molecule has 0 spiro atoms. The molecule has 0 fully saturated rings. The zero-order valence-corrected chi connectivity index (χ0v) is 13.2. The average molecular weight is 277 g/mol. The first kappa shape index (κ1) is 14.8. The second-order valence-electron chi connectivity index (χ2n) is 5.62. The zero-order chi connectivity index (χ0) is 13.7. The van der Waals surface area contributed by atoms with Gasteiger partial charge in [-0.1, -0.05) is 26.0 Å². The van der Waals surface area contributed by atoms with Gasteiger partial charge < -0.3 is 5.32 Å². The predicted molar refractivity (Wildman–Crippen MR) is 86.0 cm³/mol. The van der Waals surface area contributed by atoms with E-state index in [1.807, 2.05) is 11.3 Å². The molecule has 1 aromatic heterocycles. The van der Waals surface area contributed by atoms with Gasteiger partial charge in [-0.15, -0.1) is 11.3 Å².